The van der Waals surface area contributed by atoms with E-state index in [1.165, 1.54) is 12.8 Å². The van der Waals surface area contributed by atoms with Gasteiger partial charge in [-0.25, -0.2) is 0 Å². The second-order valence-electron chi connectivity index (χ2n) is 15.8. The van der Waals surface area contributed by atoms with Crippen LogP contribution >= 0.6 is 31.9 Å². The van der Waals surface area contributed by atoms with E-state index < -0.39 is 0 Å². The van der Waals surface area contributed by atoms with Gasteiger partial charge in [-0.3, -0.25) is 19.8 Å². The molecule has 0 saturated carbocycles. The summed E-state index contributed by atoms with van der Waals surface area (Å²) < 4.78 is 27.5. The monoisotopic (exact) mass is 952 g/mol. The van der Waals surface area contributed by atoms with Gasteiger partial charge < -0.3 is 18.9 Å². The Morgan fingerprint density at radius 3 is 1.34 bits per heavy atom. The van der Waals surface area contributed by atoms with Crippen LogP contribution in [-0.4, -0.2) is 45.9 Å². The van der Waals surface area contributed by atoms with Crippen LogP contribution in [0.5, 0.6) is 23.0 Å². The minimum atomic E-state index is 0.289. The molecule has 2 aliphatic rings. The molecule has 4 aromatic carbocycles. The van der Waals surface area contributed by atoms with Gasteiger partial charge >= 0.3 is 0 Å². The molecule has 6 aromatic rings. The Balaban J connectivity index is 0.977. The minimum absolute atomic E-state index is 0.289. The molecule has 8 rings (SSSR count). The van der Waals surface area contributed by atoms with Crippen LogP contribution in [-0.2, 0) is 39.5 Å². The van der Waals surface area contributed by atoms with E-state index in [2.05, 4.69) is 126 Å². The van der Waals surface area contributed by atoms with Crippen molar-refractivity contribution in [2.75, 3.05) is 26.2 Å². The number of nitriles is 2. The van der Waals surface area contributed by atoms with Crippen molar-refractivity contribution in [2.24, 2.45) is 0 Å². The Labute approximate surface area is 379 Å². The first-order valence-electron chi connectivity index (χ1n) is 20.7. The maximum absolute atomic E-state index is 9.36. The highest BCUT2D eigenvalue weighted by Gasteiger charge is 2.21. The normalized spacial score (nSPS) is 13.6. The fourth-order valence-electron chi connectivity index (χ4n) is 7.60. The van der Waals surface area contributed by atoms with Gasteiger partial charge in [0.1, 0.15) is 61.6 Å². The highest BCUT2D eigenvalue weighted by Crippen LogP contribution is 2.38. The Morgan fingerprint density at radius 2 is 0.952 bits per heavy atom. The fraction of sp³-hybridized carbons (Fsp3) is 0.280. The summed E-state index contributed by atoms with van der Waals surface area (Å²) in [5, 5.41) is 18.7. The van der Waals surface area contributed by atoms with E-state index in [4.69, 9.17) is 18.9 Å². The molecule has 2 saturated heterocycles. The molecule has 0 bridgehead atoms. The number of likely N-dealkylation sites (tertiary alicyclic amines) is 2. The molecule has 0 unspecified atom stereocenters. The lowest BCUT2D eigenvalue weighted by Crippen LogP contribution is -2.36. The third-order valence-electron chi connectivity index (χ3n) is 11.5. The van der Waals surface area contributed by atoms with Crippen LogP contribution in [0.15, 0.2) is 107 Å². The lowest BCUT2D eigenvalue weighted by atomic mass is 9.92. The standard InChI is InChI=1S/C50H46Br2N6O4/c1-33-39(31-61-49-19-47(41(17-45(49)51)27-57-11-5-12-57)59-29-37-15-35(21-53)23-55-25-37)7-3-9-43(33)44-10-4-8-40(34(44)2)32-62-50-20-48(42(18-46(50)52)28-58-13-6-14-58)60-30-38-16-36(22-54)24-56-26-38/h3-4,7-10,15-20,23-26H,5-6,11-14,27-32H2,1-2H3. The molecule has 2 fully saturated rings. The molecule has 2 aromatic heterocycles. The van der Waals surface area contributed by atoms with Crippen molar-refractivity contribution >= 4 is 31.9 Å². The number of hydrogen-bond donors (Lipinski definition) is 0. The highest BCUT2D eigenvalue weighted by atomic mass is 79.9. The van der Waals surface area contributed by atoms with Crippen molar-refractivity contribution in [1.29, 1.82) is 10.5 Å². The summed E-state index contributed by atoms with van der Waals surface area (Å²) in [6.45, 7) is 11.4. The largest absolute Gasteiger partial charge is 0.488 e. The van der Waals surface area contributed by atoms with Gasteiger partial charge in [0.05, 0.1) is 20.1 Å². The van der Waals surface area contributed by atoms with Crippen LogP contribution in [0, 0.1) is 36.5 Å². The van der Waals surface area contributed by atoms with E-state index in [-0.39, 0.29) is 13.2 Å². The average molecular weight is 955 g/mol. The summed E-state index contributed by atoms with van der Waals surface area (Å²) in [6.07, 6.45) is 8.96. The fourth-order valence-corrected chi connectivity index (χ4v) is 8.61. The Hall–Kier alpha value is -5.76. The molecule has 0 spiro atoms. The number of ether oxygens (including phenoxy) is 4. The average Bonchev–Trinajstić information content (AvgIpc) is 3.25. The Kier molecular flexibility index (Phi) is 13.8. The van der Waals surface area contributed by atoms with Crippen molar-refractivity contribution in [2.45, 2.75) is 66.2 Å². The van der Waals surface area contributed by atoms with Gasteiger partial charge in [-0.05, 0) is 142 Å². The molecule has 0 amide bonds. The molecule has 10 nitrogen and oxygen atoms in total. The van der Waals surface area contributed by atoms with Crippen molar-refractivity contribution in [3.8, 4) is 46.3 Å². The van der Waals surface area contributed by atoms with Crippen LogP contribution in [0.25, 0.3) is 11.1 Å². The predicted molar refractivity (Wildman–Crippen MR) is 245 cm³/mol. The first kappa shape index (κ1) is 42.9. The molecule has 0 atom stereocenters. The first-order valence-corrected chi connectivity index (χ1v) is 22.3. The zero-order valence-electron chi connectivity index (χ0n) is 34.8. The smallest absolute Gasteiger partial charge is 0.137 e. The summed E-state index contributed by atoms with van der Waals surface area (Å²) in [5.41, 5.74) is 11.5. The first-order chi connectivity index (χ1) is 30.2. The summed E-state index contributed by atoms with van der Waals surface area (Å²) >= 11 is 7.57. The third-order valence-corrected chi connectivity index (χ3v) is 12.7. The number of nitrogens with zero attached hydrogens (tertiary/aromatic N) is 6. The van der Waals surface area contributed by atoms with Crippen LogP contribution in [0.4, 0.5) is 0 Å². The van der Waals surface area contributed by atoms with Crippen LogP contribution < -0.4 is 18.9 Å². The maximum atomic E-state index is 9.36. The van der Waals surface area contributed by atoms with Gasteiger partial charge in [-0.2, -0.15) is 10.5 Å². The molecule has 62 heavy (non-hydrogen) atoms. The number of rotatable bonds is 17. The SMILES string of the molecule is Cc1c(COc2cc(OCc3cncc(C#N)c3)c(CN3CCC3)cc2Br)cccc1-c1cccc(COc2cc(OCc3cncc(C#N)c3)c(CN3CCC3)cc2Br)c1C. The Morgan fingerprint density at radius 1 is 0.532 bits per heavy atom. The summed E-state index contributed by atoms with van der Waals surface area (Å²) in [5.74, 6) is 2.87. The molecule has 4 heterocycles. The molecule has 0 N–H and O–H groups in total. The quantitative estimate of drug-likeness (QED) is 0.0875. The number of pyridine rings is 2. The van der Waals surface area contributed by atoms with Gasteiger partial charge in [-0.15, -0.1) is 0 Å². The molecule has 0 radical (unpaired) electrons. The lowest BCUT2D eigenvalue weighted by molar-refractivity contribution is 0.169. The van der Waals surface area contributed by atoms with Crippen LogP contribution in [0.1, 0.15) is 68.5 Å². The topological polar surface area (TPSA) is 117 Å². The molecular formula is C50H46Br2N6O4. The molecule has 12 heteroatoms. The number of halogens is 2. The van der Waals surface area contributed by atoms with Crippen molar-refractivity contribution in [1.82, 2.24) is 19.8 Å². The van der Waals surface area contributed by atoms with E-state index in [1.807, 2.05) is 12.1 Å². The Bertz CT molecular complexity index is 2490. The maximum Gasteiger partial charge on any atom is 0.137 e. The van der Waals surface area contributed by atoms with Crippen LogP contribution in [0.3, 0.4) is 0 Å². The predicted octanol–water partition coefficient (Wildman–Crippen LogP) is 10.8. The number of benzene rings is 4. The van der Waals surface area contributed by atoms with Gasteiger partial charge in [0, 0.05) is 72.3 Å². The van der Waals surface area contributed by atoms with E-state index in [0.717, 1.165) is 115 Å². The van der Waals surface area contributed by atoms with Gasteiger partial charge in [0.15, 0.2) is 0 Å². The summed E-state index contributed by atoms with van der Waals surface area (Å²) in [6, 6.07) is 28.7. The number of hydrogen-bond acceptors (Lipinski definition) is 10. The third kappa shape index (κ3) is 10.3. The zero-order valence-corrected chi connectivity index (χ0v) is 38.0. The zero-order chi connectivity index (χ0) is 43.0. The van der Waals surface area contributed by atoms with Gasteiger partial charge in [0.25, 0.3) is 0 Å². The minimum Gasteiger partial charge on any atom is -0.488 e. The molecular weight excluding hydrogens is 908 g/mol. The van der Waals surface area contributed by atoms with E-state index >= 15 is 0 Å². The number of aromatic nitrogens is 2. The summed E-state index contributed by atoms with van der Waals surface area (Å²) in [7, 11) is 0. The molecule has 314 valence electrons. The summed E-state index contributed by atoms with van der Waals surface area (Å²) in [4.78, 5) is 13.2. The van der Waals surface area contributed by atoms with Crippen molar-refractivity contribution in [3.05, 3.63) is 162 Å². The lowest BCUT2D eigenvalue weighted by Gasteiger charge is -2.31. The van der Waals surface area contributed by atoms with Crippen LogP contribution in [0.2, 0.25) is 0 Å². The second kappa shape index (κ2) is 20.0. The van der Waals surface area contributed by atoms with E-state index in [9.17, 15) is 10.5 Å². The van der Waals surface area contributed by atoms with Crippen molar-refractivity contribution in [3.63, 3.8) is 0 Å². The highest BCUT2D eigenvalue weighted by molar-refractivity contribution is 9.11. The van der Waals surface area contributed by atoms with E-state index in [1.54, 1.807) is 36.9 Å². The van der Waals surface area contributed by atoms with Crippen molar-refractivity contribution < 1.29 is 18.9 Å². The van der Waals surface area contributed by atoms with Gasteiger partial charge in [0.2, 0.25) is 0 Å². The molecule has 2 aliphatic heterocycles. The molecule has 0 aliphatic carbocycles. The van der Waals surface area contributed by atoms with Gasteiger partial charge in [-0.1, -0.05) is 36.4 Å². The second-order valence-corrected chi connectivity index (χ2v) is 17.5. The van der Waals surface area contributed by atoms with E-state index in [0.29, 0.717) is 35.8 Å².